The van der Waals surface area contributed by atoms with Crippen LogP contribution in [0.1, 0.15) is 44.3 Å². The van der Waals surface area contributed by atoms with E-state index in [9.17, 15) is 4.79 Å². The number of nitrogens with one attached hydrogen (secondary N) is 1. The van der Waals surface area contributed by atoms with E-state index in [0.717, 1.165) is 68.8 Å². The van der Waals surface area contributed by atoms with E-state index < -0.39 is 0 Å². The Kier molecular flexibility index (Phi) is 7.36. The number of carbonyl (C=O) groups excluding carboxylic acids is 1. The monoisotopic (exact) mass is 417 g/mol. The van der Waals surface area contributed by atoms with Gasteiger partial charge in [-0.05, 0) is 50.6 Å². The lowest BCUT2D eigenvalue weighted by atomic mass is 9.91. The van der Waals surface area contributed by atoms with Crippen molar-refractivity contribution in [3.8, 4) is 11.3 Å². The van der Waals surface area contributed by atoms with E-state index in [4.69, 9.17) is 4.52 Å². The highest BCUT2D eigenvalue weighted by molar-refractivity contribution is 5.85. The summed E-state index contributed by atoms with van der Waals surface area (Å²) in [6.45, 7) is 3.00. The Labute approximate surface area is 179 Å². The summed E-state index contributed by atoms with van der Waals surface area (Å²) in [4.78, 5) is 14.6. The van der Waals surface area contributed by atoms with Gasteiger partial charge in [-0.3, -0.25) is 4.79 Å². The molecule has 1 N–H and O–H groups in total. The first-order valence-corrected chi connectivity index (χ1v) is 10.6. The van der Waals surface area contributed by atoms with Crippen molar-refractivity contribution in [1.29, 1.82) is 0 Å². The van der Waals surface area contributed by atoms with Crippen molar-refractivity contribution < 1.29 is 9.32 Å². The Hall–Kier alpha value is -1.85. The van der Waals surface area contributed by atoms with E-state index in [0.29, 0.717) is 11.3 Å². The van der Waals surface area contributed by atoms with Gasteiger partial charge in [0.1, 0.15) is 11.5 Å². The number of aromatic nitrogens is 1. The second-order valence-electron chi connectivity index (χ2n) is 8.48. The van der Waals surface area contributed by atoms with Crippen LogP contribution in [0.15, 0.2) is 40.9 Å². The number of unbranched alkanes of at least 4 members (excludes halogenated alkanes) is 2. The molecule has 5 nitrogen and oxygen atoms in total. The molecule has 2 aromatic rings. The zero-order valence-corrected chi connectivity index (χ0v) is 18.0. The Morgan fingerprint density at radius 3 is 2.72 bits per heavy atom. The third-order valence-electron chi connectivity index (χ3n) is 6.51. The normalized spacial score (nSPS) is 19.6. The van der Waals surface area contributed by atoms with E-state index in [1.165, 1.54) is 12.8 Å². The van der Waals surface area contributed by atoms with E-state index in [-0.39, 0.29) is 18.3 Å². The predicted octanol–water partition coefficient (Wildman–Crippen LogP) is 4.32. The van der Waals surface area contributed by atoms with Gasteiger partial charge < -0.3 is 14.7 Å². The number of piperidine rings is 1. The molecule has 2 heterocycles. The molecule has 1 aliphatic carbocycles. The molecular formula is C23H32ClN3O2. The summed E-state index contributed by atoms with van der Waals surface area (Å²) >= 11 is 0. The van der Waals surface area contributed by atoms with Crippen LogP contribution in [-0.2, 0) is 11.2 Å². The number of halogens is 1. The Morgan fingerprint density at radius 2 is 1.97 bits per heavy atom. The van der Waals surface area contributed by atoms with Gasteiger partial charge in [0.25, 0.3) is 0 Å². The fraction of sp³-hybridized carbons (Fsp3) is 0.565. The molecule has 1 aliphatic heterocycles. The molecule has 1 aromatic carbocycles. The lowest BCUT2D eigenvalue weighted by Gasteiger charge is -2.25. The number of hydrogen-bond acceptors (Lipinski definition) is 4. The van der Waals surface area contributed by atoms with Crippen molar-refractivity contribution in [2.24, 2.45) is 11.3 Å². The Morgan fingerprint density at radius 1 is 1.21 bits per heavy atom. The van der Waals surface area contributed by atoms with Gasteiger partial charge in [0.2, 0.25) is 5.91 Å². The number of carbonyl (C=O) groups is 1. The summed E-state index contributed by atoms with van der Waals surface area (Å²) in [5.41, 5.74) is 2.32. The summed E-state index contributed by atoms with van der Waals surface area (Å²) < 4.78 is 5.47. The molecule has 2 aliphatic rings. The first-order valence-electron chi connectivity index (χ1n) is 10.6. The van der Waals surface area contributed by atoms with Gasteiger partial charge in [-0.2, -0.15) is 0 Å². The highest BCUT2D eigenvalue weighted by Crippen LogP contribution is 2.59. The van der Waals surface area contributed by atoms with Crippen LogP contribution in [0.5, 0.6) is 0 Å². The minimum atomic E-state index is 0. The second-order valence-corrected chi connectivity index (χ2v) is 8.48. The zero-order chi connectivity index (χ0) is 19.4. The largest absolute Gasteiger partial charge is 0.361 e. The number of rotatable bonds is 8. The molecule has 1 atom stereocenters. The van der Waals surface area contributed by atoms with E-state index >= 15 is 0 Å². The van der Waals surface area contributed by atoms with Crippen molar-refractivity contribution in [3.05, 3.63) is 42.2 Å². The highest BCUT2D eigenvalue weighted by atomic mass is 35.5. The molecule has 2 fully saturated rings. The molecule has 4 rings (SSSR count). The average molecular weight is 418 g/mol. The third kappa shape index (κ3) is 5.20. The summed E-state index contributed by atoms with van der Waals surface area (Å²) in [6.07, 6.45) is 7.54. The van der Waals surface area contributed by atoms with Crippen LogP contribution in [0.4, 0.5) is 0 Å². The van der Waals surface area contributed by atoms with Gasteiger partial charge >= 0.3 is 0 Å². The molecule has 1 aromatic heterocycles. The Balaban J connectivity index is 0.00000240. The minimum absolute atomic E-state index is 0. The quantitative estimate of drug-likeness (QED) is 0.649. The zero-order valence-electron chi connectivity index (χ0n) is 17.2. The summed E-state index contributed by atoms with van der Waals surface area (Å²) in [5.74, 6) is 1.59. The van der Waals surface area contributed by atoms with E-state index in [1.54, 1.807) is 0 Å². The number of hydrogen-bond donors (Lipinski definition) is 1. The smallest absolute Gasteiger partial charge is 0.226 e. The average Bonchev–Trinajstić information content (AvgIpc) is 3.20. The van der Waals surface area contributed by atoms with Crippen molar-refractivity contribution in [2.75, 3.05) is 26.7 Å². The summed E-state index contributed by atoms with van der Waals surface area (Å²) in [6, 6.07) is 12.1. The maximum atomic E-state index is 12.7. The maximum Gasteiger partial charge on any atom is 0.226 e. The molecule has 29 heavy (non-hydrogen) atoms. The standard InChI is InChI=1S/C23H31N3O2.ClH/c1-26(22(27)20-17-23(20)11-13-24-14-12-23)15-7-3-6-10-19-16-21(25-28-19)18-8-4-2-5-9-18;/h2,4-5,8-9,16,20,24H,3,6-7,10-15,17H2,1H3;1H. The molecule has 6 heteroatoms. The lowest BCUT2D eigenvalue weighted by Crippen LogP contribution is -2.35. The first-order chi connectivity index (χ1) is 13.7. The first kappa shape index (κ1) is 21.8. The molecule has 158 valence electrons. The summed E-state index contributed by atoms with van der Waals surface area (Å²) in [7, 11) is 1.97. The van der Waals surface area contributed by atoms with Crippen LogP contribution in [0, 0.1) is 11.3 Å². The molecular weight excluding hydrogens is 386 g/mol. The van der Waals surface area contributed by atoms with Gasteiger partial charge in [-0.25, -0.2) is 0 Å². The molecule has 0 radical (unpaired) electrons. The minimum Gasteiger partial charge on any atom is -0.361 e. The van der Waals surface area contributed by atoms with Crippen molar-refractivity contribution in [2.45, 2.75) is 44.9 Å². The molecule has 1 unspecified atom stereocenters. The van der Waals surface area contributed by atoms with Crippen LogP contribution >= 0.6 is 12.4 Å². The van der Waals surface area contributed by atoms with E-state index in [1.807, 2.05) is 48.3 Å². The number of nitrogens with zero attached hydrogens (tertiary/aromatic N) is 2. The molecule has 1 amide bonds. The van der Waals surface area contributed by atoms with Crippen LogP contribution < -0.4 is 5.32 Å². The van der Waals surface area contributed by atoms with Crippen LogP contribution in [0.3, 0.4) is 0 Å². The summed E-state index contributed by atoms with van der Waals surface area (Å²) in [5, 5.41) is 7.58. The molecule has 1 saturated carbocycles. The molecule has 1 saturated heterocycles. The number of aryl methyl sites for hydroxylation is 1. The van der Waals surface area contributed by atoms with Crippen LogP contribution in [0.2, 0.25) is 0 Å². The topological polar surface area (TPSA) is 58.4 Å². The fourth-order valence-corrected chi connectivity index (χ4v) is 4.55. The van der Waals surface area contributed by atoms with Gasteiger partial charge in [-0.1, -0.05) is 41.9 Å². The van der Waals surface area contributed by atoms with Gasteiger partial charge in [0, 0.05) is 37.6 Å². The highest BCUT2D eigenvalue weighted by Gasteiger charge is 2.58. The SMILES string of the molecule is CN(CCCCCc1cc(-c2ccccc2)no1)C(=O)C1CC12CCNCC2.Cl. The maximum absolute atomic E-state index is 12.7. The predicted molar refractivity (Wildman–Crippen MR) is 117 cm³/mol. The lowest BCUT2D eigenvalue weighted by molar-refractivity contribution is -0.132. The van der Waals surface area contributed by atoms with Gasteiger partial charge in [0.05, 0.1) is 0 Å². The molecule has 0 bridgehead atoms. The van der Waals surface area contributed by atoms with E-state index in [2.05, 4.69) is 10.5 Å². The second kappa shape index (κ2) is 9.77. The third-order valence-corrected chi connectivity index (χ3v) is 6.51. The number of amides is 1. The molecule has 1 spiro atoms. The van der Waals surface area contributed by atoms with Crippen molar-refractivity contribution in [3.63, 3.8) is 0 Å². The van der Waals surface area contributed by atoms with Crippen LogP contribution in [-0.4, -0.2) is 42.6 Å². The van der Waals surface area contributed by atoms with Gasteiger partial charge in [-0.15, -0.1) is 12.4 Å². The number of benzene rings is 1. The van der Waals surface area contributed by atoms with Gasteiger partial charge in [0.15, 0.2) is 0 Å². The Bertz CT molecular complexity index is 786. The van der Waals surface area contributed by atoms with Crippen molar-refractivity contribution in [1.82, 2.24) is 15.4 Å². The van der Waals surface area contributed by atoms with Crippen LogP contribution in [0.25, 0.3) is 11.3 Å². The van der Waals surface area contributed by atoms with Crippen molar-refractivity contribution >= 4 is 18.3 Å². The fourth-order valence-electron chi connectivity index (χ4n) is 4.55.